The van der Waals surface area contributed by atoms with Crippen LogP contribution in [0.25, 0.3) is 0 Å². The third-order valence-corrected chi connectivity index (χ3v) is 3.28. The number of nitrogens with zero attached hydrogens (tertiary/aromatic N) is 2. The quantitative estimate of drug-likeness (QED) is 0.761. The minimum atomic E-state index is 0. The smallest absolute Gasteiger partial charge is 0.233 e. The molecule has 0 unspecified atom stereocenters. The fourth-order valence-corrected chi connectivity index (χ4v) is 2.34. The molecular formula is C9H16ClN3O2S. The minimum absolute atomic E-state index is 0. The zero-order valence-corrected chi connectivity index (χ0v) is 10.6. The lowest BCUT2D eigenvalue weighted by Crippen LogP contribution is -2.41. The number of ether oxygens (including phenoxy) is 1. The van der Waals surface area contributed by atoms with Crippen molar-refractivity contribution in [1.82, 2.24) is 10.2 Å². The summed E-state index contributed by atoms with van der Waals surface area (Å²) < 4.78 is 5.19. The number of hydrogen-bond acceptors (Lipinski definition) is 5. The van der Waals surface area contributed by atoms with Crippen molar-refractivity contribution in [2.75, 3.05) is 45.1 Å². The average Bonchev–Trinajstić information content (AvgIpc) is 2.80. The molecule has 7 heteroatoms. The van der Waals surface area contributed by atoms with E-state index >= 15 is 0 Å². The summed E-state index contributed by atoms with van der Waals surface area (Å²) in [5.41, 5.74) is 0. The largest absolute Gasteiger partial charge is 0.378 e. The number of amidine groups is 1. The Morgan fingerprint density at radius 1 is 1.50 bits per heavy atom. The van der Waals surface area contributed by atoms with E-state index in [-0.39, 0.29) is 18.3 Å². The molecule has 1 fully saturated rings. The van der Waals surface area contributed by atoms with E-state index in [0.29, 0.717) is 19.0 Å². The third kappa shape index (κ3) is 3.84. The van der Waals surface area contributed by atoms with Crippen LogP contribution in [0.15, 0.2) is 4.99 Å². The summed E-state index contributed by atoms with van der Waals surface area (Å²) in [6.45, 7) is 4.49. The summed E-state index contributed by atoms with van der Waals surface area (Å²) >= 11 is 1.49. The maximum absolute atomic E-state index is 11.7. The maximum atomic E-state index is 11.7. The molecule has 0 aromatic carbocycles. The first-order chi connectivity index (χ1) is 7.36. The SMILES string of the molecule is Cl.O=C(CSC1=NCCN1)N1CCOCC1. The van der Waals surface area contributed by atoms with E-state index in [2.05, 4.69) is 10.3 Å². The summed E-state index contributed by atoms with van der Waals surface area (Å²) in [7, 11) is 0. The number of halogens is 1. The van der Waals surface area contributed by atoms with Crippen LogP contribution in [0.3, 0.4) is 0 Å². The number of thioether (sulfide) groups is 1. The van der Waals surface area contributed by atoms with Gasteiger partial charge in [-0.1, -0.05) is 11.8 Å². The molecule has 2 rings (SSSR count). The average molecular weight is 266 g/mol. The van der Waals surface area contributed by atoms with Gasteiger partial charge in [-0.05, 0) is 0 Å². The Morgan fingerprint density at radius 2 is 2.25 bits per heavy atom. The van der Waals surface area contributed by atoms with Crippen LogP contribution in [0.1, 0.15) is 0 Å². The van der Waals surface area contributed by atoms with Crippen molar-refractivity contribution in [1.29, 1.82) is 0 Å². The van der Waals surface area contributed by atoms with Crippen molar-refractivity contribution in [3.63, 3.8) is 0 Å². The van der Waals surface area contributed by atoms with Gasteiger partial charge in [0.1, 0.15) is 0 Å². The van der Waals surface area contributed by atoms with Crippen LogP contribution < -0.4 is 5.32 Å². The summed E-state index contributed by atoms with van der Waals surface area (Å²) in [6.07, 6.45) is 0. The second kappa shape index (κ2) is 6.98. The lowest BCUT2D eigenvalue weighted by atomic mass is 10.4. The van der Waals surface area contributed by atoms with Gasteiger partial charge in [0.2, 0.25) is 5.91 Å². The molecular weight excluding hydrogens is 250 g/mol. The maximum Gasteiger partial charge on any atom is 0.233 e. The summed E-state index contributed by atoms with van der Waals surface area (Å²) in [5, 5.41) is 4.03. The van der Waals surface area contributed by atoms with Gasteiger partial charge in [-0.15, -0.1) is 12.4 Å². The molecule has 0 saturated carbocycles. The highest BCUT2D eigenvalue weighted by Crippen LogP contribution is 2.08. The molecule has 2 heterocycles. The fourth-order valence-electron chi connectivity index (χ4n) is 1.51. The summed E-state index contributed by atoms with van der Waals surface area (Å²) in [4.78, 5) is 17.8. The molecule has 0 bridgehead atoms. The monoisotopic (exact) mass is 265 g/mol. The molecule has 0 spiro atoms. The molecule has 1 amide bonds. The minimum Gasteiger partial charge on any atom is -0.378 e. The lowest BCUT2D eigenvalue weighted by Gasteiger charge is -2.26. The second-order valence-electron chi connectivity index (χ2n) is 3.40. The second-order valence-corrected chi connectivity index (χ2v) is 4.36. The molecule has 0 aromatic heterocycles. The zero-order valence-electron chi connectivity index (χ0n) is 8.98. The predicted octanol–water partition coefficient (Wildman–Crippen LogP) is -0.0406. The number of nitrogens with one attached hydrogen (secondary N) is 1. The predicted molar refractivity (Wildman–Crippen MR) is 67.4 cm³/mol. The van der Waals surface area contributed by atoms with E-state index in [1.54, 1.807) is 0 Å². The van der Waals surface area contributed by atoms with Gasteiger partial charge in [0, 0.05) is 19.6 Å². The van der Waals surface area contributed by atoms with Crippen molar-refractivity contribution in [2.45, 2.75) is 0 Å². The molecule has 1 saturated heterocycles. The van der Waals surface area contributed by atoms with E-state index in [9.17, 15) is 4.79 Å². The molecule has 92 valence electrons. The highest BCUT2D eigenvalue weighted by atomic mass is 35.5. The Morgan fingerprint density at radius 3 is 2.88 bits per heavy atom. The molecule has 2 aliphatic heterocycles. The summed E-state index contributed by atoms with van der Waals surface area (Å²) in [5.74, 6) is 0.658. The Hall–Kier alpha value is -0.460. The topological polar surface area (TPSA) is 53.9 Å². The Kier molecular flexibility index (Phi) is 5.94. The van der Waals surface area contributed by atoms with Gasteiger partial charge in [-0.2, -0.15) is 0 Å². The Labute approximate surface area is 105 Å². The van der Waals surface area contributed by atoms with Gasteiger partial charge in [-0.25, -0.2) is 0 Å². The molecule has 0 radical (unpaired) electrons. The fraction of sp³-hybridized carbons (Fsp3) is 0.778. The van der Waals surface area contributed by atoms with Crippen LogP contribution in [0.4, 0.5) is 0 Å². The van der Waals surface area contributed by atoms with Crippen LogP contribution in [0, 0.1) is 0 Å². The van der Waals surface area contributed by atoms with Crippen molar-refractivity contribution < 1.29 is 9.53 Å². The number of rotatable bonds is 2. The number of amides is 1. The Balaban J connectivity index is 0.00000128. The molecule has 0 atom stereocenters. The zero-order chi connectivity index (χ0) is 10.5. The van der Waals surface area contributed by atoms with Crippen molar-refractivity contribution in [3.05, 3.63) is 0 Å². The van der Waals surface area contributed by atoms with Gasteiger partial charge in [0.05, 0.1) is 25.5 Å². The van der Waals surface area contributed by atoms with E-state index in [4.69, 9.17) is 4.74 Å². The Bertz CT molecular complexity index is 269. The number of aliphatic imine (C=N–C) groups is 1. The highest BCUT2D eigenvalue weighted by Gasteiger charge is 2.17. The normalized spacial score (nSPS) is 19.8. The number of morpholine rings is 1. The standard InChI is InChI=1S/C9H15N3O2S.ClH/c13-8(12-3-5-14-6-4-12)7-15-9-10-1-2-11-9;/h1-7H2,(H,10,11);1H. The van der Waals surface area contributed by atoms with Gasteiger partial charge in [-0.3, -0.25) is 9.79 Å². The van der Waals surface area contributed by atoms with Gasteiger partial charge < -0.3 is 15.0 Å². The van der Waals surface area contributed by atoms with E-state index < -0.39 is 0 Å². The summed E-state index contributed by atoms with van der Waals surface area (Å²) in [6, 6.07) is 0. The van der Waals surface area contributed by atoms with Gasteiger partial charge >= 0.3 is 0 Å². The van der Waals surface area contributed by atoms with E-state index in [1.807, 2.05) is 4.90 Å². The molecule has 0 aliphatic carbocycles. The van der Waals surface area contributed by atoms with Crippen molar-refractivity contribution in [3.8, 4) is 0 Å². The first kappa shape index (κ1) is 13.6. The van der Waals surface area contributed by atoms with Crippen LogP contribution in [-0.4, -0.2) is 61.1 Å². The first-order valence-corrected chi connectivity index (χ1v) is 6.11. The van der Waals surface area contributed by atoms with E-state index in [1.165, 1.54) is 11.8 Å². The number of carbonyl (C=O) groups is 1. The lowest BCUT2D eigenvalue weighted by molar-refractivity contribution is -0.132. The van der Waals surface area contributed by atoms with Crippen LogP contribution in [0.5, 0.6) is 0 Å². The third-order valence-electron chi connectivity index (χ3n) is 2.34. The van der Waals surface area contributed by atoms with Crippen molar-refractivity contribution in [2.24, 2.45) is 4.99 Å². The van der Waals surface area contributed by atoms with Gasteiger partial charge in [0.25, 0.3) is 0 Å². The molecule has 5 nitrogen and oxygen atoms in total. The van der Waals surface area contributed by atoms with Crippen LogP contribution in [0.2, 0.25) is 0 Å². The molecule has 0 aromatic rings. The van der Waals surface area contributed by atoms with Gasteiger partial charge in [0.15, 0.2) is 5.17 Å². The number of hydrogen-bond donors (Lipinski definition) is 1. The molecule has 1 N–H and O–H groups in total. The highest BCUT2D eigenvalue weighted by molar-refractivity contribution is 8.14. The first-order valence-electron chi connectivity index (χ1n) is 5.13. The number of carbonyl (C=O) groups excluding carboxylic acids is 1. The van der Waals surface area contributed by atoms with E-state index in [0.717, 1.165) is 31.3 Å². The molecule has 16 heavy (non-hydrogen) atoms. The van der Waals surface area contributed by atoms with Crippen molar-refractivity contribution >= 4 is 35.2 Å². The molecule has 2 aliphatic rings. The van der Waals surface area contributed by atoms with Crippen LogP contribution >= 0.6 is 24.2 Å². The van der Waals surface area contributed by atoms with Crippen LogP contribution in [-0.2, 0) is 9.53 Å².